The van der Waals surface area contributed by atoms with Crippen LogP contribution in [0, 0.1) is 5.82 Å². The number of rotatable bonds is 5. The normalized spacial score (nSPS) is 11.0. The number of hydrogen-bond donors (Lipinski definition) is 1. The van der Waals surface area contributed by atoms with Crippen LogP contribution in [0.1, 0.15) is 11.3 Å². The molecule has 0 saturated carbocycles. The lowest BCUT2D eigenvalue weighted by atomic mass is 10.1. The molecular formula is C19H14ClFN2O2. The molecule has 6 heteroatoms. The van der Waals surface area contributed by atoms with E-state index in [-0.39, 0.29) is 17.4 Å². The number of amides is 1. The van der Waals surface area contributed by atoms with Gasteiger partial charge < -0.3 is 4.42 Å². The minimum absolute atomic E-state index is 0.0253. The highest BCUT2D eigenvalue weighted by atomic mass is 35.5. The summed E-state index contributed by atoms with van der Waals surface area (Å²) in [6.07, 6.45) is 1.65. The molecule has 0 aliphatic rings. The first-order chi connectivity index (χ1) is 12.1. The van der Waals surface area contributed by atoms with Crippen molar-refractivity contribution in [2.45, 2.75) is 6.42 Å². The zero-order valence-corrected chi connectivity index (χ0v) is 13.8. The third kappa shape index (κ3) is 4.55. The van der Waals surface area contributed by atoms with Gasteiger partial charge in [0.05, 0.1) is 17.7 Å². The van der Waals surface area contributed by atoms with Crippen molar-refractivity contribution >= 4 is 23.7 Å². The Bertz CT molecular complexity index is 907. The monoisotopic (exact) mass is 356 g/mol. The Morgan fingerprint density at radius 3 is 2.72 bits per heavy atom. The SMILES string of the molecule is O=C(Cc1ccccc1)N/N=C/c1ccc(-c2ccc(F)c(Cl)c2)o1. The molecule has 1 N–H and O–H groups in total. The van der Waals surface area contributed by atoms with Gasteiger partial charge in [-0.1, -0.05) is 41.9 Å². The number of hydrogen-bond acceptors (Lipinski definition) is 3. The first-order valence-corrected chi connectivity index (χ1v) is 7.91. The molecule has 126 valence electrons. The Morgan fingerprint density at radius 2 is 1.96 bits per heavy atom. The predicted molar refractivity (Wildman–Crippen MR) is 95.0 cm³/mol. The molecule has 1 aromatic heterocycles. The van der Waals surface area contributed by atoms with Crippen LogP contribution in [0.4, 0.5) is 4.39 Å². The van der Waals surface area contributed by atoms with Gasteiger partial charge in [0.1, 0.15) is 17.3 Å². The molecule has 0 unspecified atom stereocenters. The average molecular weight is 357 g/mol. The lowest BCUT2D eigenvalue weighted by Crippen LogP contribution is -2.19. The van der Waals surface area contributed by atoms with Gasteiger partial charge in [0, 0.05) is 5.56 Å². The van der Waals surface area contributed by atoms with Crippen molar-refractivity contribution in [3.63, 3.8) is 0 Å². The molecule has 2 aromatic carbocycles. The third-order valence-corrected chi connectivity index (χ3v) is 3.71. The summed E-state index contributed by atoms with van der Waals surface area (Å²) >= 11 is 5.76. The molecule has 0 radical (unpaired) electrons. The van der Waals surface area contributed by atoms with Crippen LogP contribution in [-0.2, 0) is 11.2 Å². The van der Waals surface area contributed by atoms with Crippen LogP contribution in [0.15, 0.2) is 70.2 Å². The van der Waals surface area contributed by atoms with Crippen LogP contribution in [0.2, 0.25) is 5.02 Å². The molecule has 3 rings (SSSR count). The second kappa shape index (κ2) is 7.77. The van der Waals surface area contributed by atoms with Gasteiger partial charge >= 0.3 is 0 Å². The maximum Gasteiger partial charge on any atom is 0.244 e. The maximum absolute atomic E-state index is 13.2. The van der Waals surface area contributed by atoms with Crippen molar-refractivity contribution < 1.29 is 13.6 Å². The van der Waals surface area contributed by atoms with Crippen LogP contribution in [-0.4, -0.2) is 12.1 Å². The van der Waals surface area contributed by atoms with E-state index in [2.05, 4.69) is 10.5 Å². The van der Waals surface area contributed by atoms with Gasteiger partial charge in [-0.15, -0.1) is 0 Å². The summed E-state index contributed by atoms with van der Waals surface area (Å²) in [5.41, 5.74) is 4.00. The predicted octanol–water partition coefficient (Wildman–Crippen LogP) is 4.43. The molecule has 0 atom stereocenters. The van der Waals surface area contributed by atoms with Crippen LogP contribution in [0.25, 0.3) is 11.3 Å². The van der Waals surface area contributed by atoms with Gasteiger partial charge in [-0.25, -0.2) is 9.82 Å². The zero-order chi connectivity index (χ0) is 17.6. The summed E-state index contributed by atoms with van der Waals surface area (Å²) in [7, 11) is 0. The number of benzene rings is 2. The van der Waals surface area contributed by atoms with E-state index in [1.54, 1.807) is 18.2 Å². The van der Waals surface area contributed by atoms with Crippen molar-refractivity contribution in [2.24, 2.45) is 5.10 Å². The molecule has 1 heterocycles. The minimum Gasteiger partial charge on any atom is -0.455 e. The van der Waals surface area contributed by atoms with Crippen molar-refractivity contribution in [3.05, 3.63) is 82.8 Å². The molecule has 0 aliphatic carbocycles. The number of carbonyl (C=O) groups is 1. The number of carbonyl (C=O) groups excluding carboxylic acids is 1. The second-order valence-electron chi connectivity index (χ2n) is 5.29. The standard InChI is InChI=1S/C19H14ClFN2O2/c20-16-11-14(6-8-17(16)21)18-9-7-15(25-18)12-22-23-19(24)10-13-4-2-1-3-5-13/h1-9,11-12H,10H2,(H,23,24)/b22-12+. The van der Waals surface area contributed by atoms with E-state index in [0.717, 1.165) is 5.56 Å². The van der Waals surface area contributed by atoms with E-state index < -0.39 is 5.82 Å². The largest absolute Gasteiger partial charge is 0.455 e. The van der Waals surface area contributed by atoms with Crippen LogP contribution in [0.3, 0.4) is 0 Å². The Hall–Kier alpha value is -2.92. The quantitative estimate of drug-likeness (QED) is 0.543. The summed E-state index contributed by atoms with van der Waals surface area (Å²) in [5.74, 6) is 0.272. The van der Waals surface area contributed by atoms with Crippen LogP contribution in [0.5, 0.6) is 0 Å². The highest BCUT2D eigenvalue weighted by Gasteiger charge is 2.07. The van der Waals surface area contributed by atoms with E-state index in [1.165, 1.54) is 18.3 Å². The van der Waals surface area contributed by atoms with E-state index in [4.69, 9.17) is 16.0 Å². The topological polar surface area (TPSA) is 54.6 Å². The lowest BCUT2D eigenvalue weighted by Gasteiger charge is -1.99. The summed E-state index contributed by atoms with van der Waals surface area (Å²) in [5, 5.41) is 3.90. The lowest BCUT2D eigenvalue weighted by molar-refractivity contribution is -0.120. The van der Waals surface area contributed by atoms with Gasteiger partial charge in [-0.3, -0.25) is 4.79 Å². The number of nitrogens with one attached hydrogen (secondary N) is 1. The number of furan rings is 1. The van der Waals surface area contributed by atoms with Gasteiger partial charge in [0.2, 0.25) is 5.91 Å². The zero-order valence-electron chi connectivity index (χ0n) is 13.1. The fourth-order valence-corrected chi connectivity index (χ4v) is 2.40. The van der Waals surface area contributed by atoms with E-state index in [0.29, 0.717) is 17.1 Å². The fourth-order valence-electron chi connectivity index (χ4n) is 2.22. The summed E-state index contributed by atoms with van der Waals surface area (Å²) < 4.78 is 18.8. The average Bonchev–Trinajstić information content (AvgIpc) is 3.07. The molecule has 0 bridgehead atoms. The third-order valence-electron chi connectivity index (χ3n) is 3.42. The number of hydrazone groups is 1. The molecule has 3 aromatic rings. The Kier molecular flexibility index (Phi) is 5.26. The number of halogens is 2. The molecule has 4 nitrogen and oxygen atoms in total. The summed E-state index contributed by atoms with van der Waals surface area (Å²) in [6, 6.07) is 17.1. The second-order valence-corrected chi connectivity index (χ2v) is 5.69. The highest BCUT2D eigenvalue weighted by Crippen LogP contribution is 2.26. The molecule has 1 amide bonds. The van der Waals surface area contributed by atoms with Crippen LogP contribution >= 0.6 is 11.6 Å². The molecular weight excluding hydrogens is 343 g/mol. The van der Waals surface area contributed by atoms with Crippen LogP contribution < -0.4 is 5.43 Å². The van der Waals surface area contributed by atoms with Crippen molar-refractivity contribution in [1.29, 1.82) is 0 Å². The van der Waals surface area contributed by atoms with Crippen molar-refractivity contribution in [3.8, 4) is 11.3 Å². The Balaban J connectivity index is 1.60. The fraction of sp³-hybridized carbons (Fsp3) is 0.0526. The van der Waals surface area contributed by atoms with Gasteiger partial charge in [-0.05, 0) is 35.9 Å². The minimum atomic E-state index is -0.486. The summed E-state index contributed by atoms with van der Waals surface area (Å²) in [4.78, 5) is 11.8. The van der Waals surface area contributed by atoms with E-state index in [9.17, 15) is 9.18 Å². The summed E-state index contributed by atoms with van der Waals surface area (Å²) in [6.45, 7) is 0. The molecule has 0 saturated heterocycles. The van der Waals surface area contributed by atoms with Crippen molar-refractivity contribution in [1.82, 2.24) is 5.43 Å². The molecule has 0 fully saturated rings. The first kappa shape index (κ1) is 16.9. The first-order valence-electron chi connectivity index (χ1n) is 7.53. The molecule has 25 heavy (non-hydrogen) atoms. The van der Waals surface area contributed by atoms with E-state index in [1.807, 2.05) is 30.3 Å². The Labute approximate surface area is 148 Å². The van der Waals surface area contributed by atoms with Gasteiger partial charge in [0.15, 0.2) is 0 Å². The number of nitrogens with zero attached hydrogens (tertiary/aromatic N) is 1. The maximum atomic E-state index is 13.2. The molecule has 0 spiro atoms. The molecule has 0 aliphatic heterocycles. The highest BCUT2D eigenvalue weighted by molar-refractivity contribution is 6.31. The van der Waals surface area contributed by atoms with Gasteiger partial charge in [-0.2, -0.15) is 5.10 Å². The Morgan fingerprint density at radius 1 is 1.16 bits per heavy atom. The van der Waals surface area contributed by atoms with Gasteiger partial charge in [0.25, 0.3) is 0 Å². The smallest absolute Gasteiger partial charge is 0.244 e. The van der Waals surface area contributed by atoms with Crippen molar-refractivity contribution in [2.75, 3.05) is 0 Å². The van der Waals surface area contributed by atoms with E-state index >= 15 is 0 Å².